The van der Waals surface area contributed by atoms with E-state index in [0.29, 0.717) is 13.0 Å². The second kappa shape index (κ2) is 4.90. The number of nitrogens with two attached hydrogens (primary N) is 1. The summed E-state index contributed by atoms with van der Waals surface area (Å²) in [4.78, 5) is 1.30. The van der Waals surface area contributed by atoms with E-state index in [0.717, 1.165) is 6.42 Å². The summed E-state index contributed by atoms with van der Waals surface area (Å²) < 4.78 is 36.6. The van der Waals surface area contributed by atoms with Crippen molar-refractivity contribution in [2.24, 2.45) is 11.7 Å². The van der Waals surface area contributed by atoms with Crippen LogP contribution < -0.4 is 5.73 Å². The molecular weight excluding hydrogens is 229 g/mol. The Morgan fingerprint density at radius 2 is 2.07 bits per heavy atom. The SMILES string of the molecule is C[C@@H]1CC[C@@H](SC(F)(F)F)N(C(N)O)C1. The van der Waals surface area contributed by atoms with Gasteiger partial charge in [-0.05, 0) is 30.5 Å². The average molecular weight is 244 g/mol. The summed E-state index contributed by atoms with van der Waals surface area (Å²) >= 11 is -0.0979. The molecule has 1 aliphatic heterocycles. The Balaban J connectivity index is 2.61. The Bertz CT molecular complexity index is 213. The molecule has 90 valence electrons. The molecule has 1 heterocycles. The van der Waals surface area contributed by atoms with Crippen molar-refractivity contribution in [1.82, 2.24) is 4.90 Å². The summed E-state index contributed by atoms with van der Waals surface area (Å²) in [6, 6.07) is 0. The first kappa shape index (κ1) is 13.1. The molecule has 0 amide bonds. The van der Waals surface area contributed by atoms with Gasteiger partial charge in [0.15, 0.2) is 6.35 Å². The van der Waals surface area contributed by atoms with Gasteiger partial charge in [-0.3, -0.25) is 10.6 Å². The summed E-state index contributed by atoms with van der Waals surface area (Å²) in [7, 11) is 0. The monoisotopic (exact) mass is 244 g/mol. The lowest BCUT2D eigenvalue weighted by Crippen LogP contribution is -2.51. The van der Waals surface area contributed by atoms with Crippen LogP contribution in [0.1, 0.15) is 19.8 Å². The fourth-order valence-corrected chi connectivity index (χ4v) is 2.63. The molecule has 0 aliphatic carbocycles. The number of piperidine rings is 1. The highest BCUT2D eigenvalue weighted by molar-refractivity contribution is 8.00. The van der Waals surface area contributed by atoms with E-state index in [2.05, 4.69) is 0 Å². The Hall–Kier alpha value is 0.0200. The van der Waals surface area contributed by atoms with Gasteiger partial charge in [0.1, 0.15) is 0 Å². The Labute approximate surface area is 90.8 Å². The second-order valence-corrected chi connectivity index (χ2v) is 5.05. The van der Waals surface area contributed by atoms with Crippen molar-refractivity contribution in [1.29, 1.82) is 0 Å². The molecule has 0 radical (unpaired) electrons. The molecule has 15 heavy (non-hydrogen) atoms. The minimum Gasteiger partial charge on any atom is -0.365 e. The van der Waals surface area contributed by atoms with Crippen molar-refractivity contribution in [3.8, 4) is 0 Å². The van der Waals surface area contributed by atoms with Crippen LogP contribution in [0.15, 0.2) is 0 Å². The van der Waals surface area contributed by atoms with Crippen LogP contribution in [0.25, 0.3) is 0 Å². The lowest BCUT2D eigenvalue weighted by Gasteiger charge is -2.39. The Morgan fingerprint density at radius 1 is 1.47 bits per heavy atom. The Morgan fingerprint density at radius 3 is 2.53 bits per heavy atom. The molecule has 7 heteroatoms. The number of aliphatic hydroxyl groups excluding tert-OH is 1. The van der Waals surface area contributed by atoms with E-state index in [1.165, 1.54) is 4.90 Å². The number of halogens is 3. The van der Waals surface area contributed by atoms with Crippen LogP contribution in [0.4, 0.5) is 13.2 Å². The molecule has 0 aromatic carbocycles. The van der Waals surface area contributed by atoms with Gasteiger partial charge in [-0.1, -0.05) is 6.92 Å². The molecule has 0 aromatic rings. The topological polar surface area (TPSA) is 49.5 Å². The summed E-state index contributed by atoms with van der Waals surface area (Å²) in [6.45, 7) is 2.34. The van der Waals surface area contributed by atoms with Crippen molar-refractivity contribution in [2.75, 3.05) is 6.54 Å². The molecular formula is C8H15F3N2OS. The highest BCUT2D eigenvalue weighted by atomic mass is 32.2. The van der Waals surface area contributed by atoms with Crippen LogP contribution >= 0.6 is 11.8 Å². The van der Waals surface area contributed by atoms with Gasteiger partial charge < -0.3 is 5.11 Å². The van der Waals surface area contributed by atoms with Gasteiger partial charge in [-0.15, -0.1) is 0 Å². The highest BCUT2D eigenvalue weighted by Crippen LogP contribution is 2.40. The number of rotatable bonds is 2. The number of likely N-dealkylation sites (tertiary alicyclic amines) is 1. The zero-order chi connectivity index (χ0) is 11.6. The molecule has 0 saturated carbocycles. The first-order valence-corrected chi connectivity index (χ1v) is 5.61. The third kappa shape index (κ3) is 4.18. The third-order valence-electron chi connectivity index (χ3n) is 2.41. The summed E-state index contributed by atoms with van der Waals surface area (Å²) in [6.07, 6.45) is -0.177. The predicted octanol–water partition coefficient (Wildman–Crippen LogP) is 1.53. The first-order chi connectivity index (χ1) is 6.79. The van der Waals surface area contributed by atoms with Gasteiger partial charge in [0.2, 0.25) is 0 Å². The smallest absolute Gasteiger partial charge is 0.365 e. The molecule has 1 fully saturated rings. The number of hydrogen-bond donors (Lipinski definition) is 2. The van der Waals surface area contributed by atoms with Crippen molar-refractivity contribution in [3.63, 3.8) is 0 Å². The largest absolute Gasteiger partial charge is 0.443 e. The number of hydrogen-bond acceptors (Lipinski definition) is 4. The van der Waals surface area contributed by atoms with Crippen LogP contribution in [0, 0.1) is 5.92 Å². The van der Waals surface area contributed by atoms with Gasteiger partial charge >= 0.3 is 5.51 Å². The van der Waals surface area contributed by atoms with E-state index in [4.69, 9.17) is 5.73 Å². The van der Waals surface area contributed by atoms with Crippen LogP contribution in [0.2, 0.25) is 0 Å². The van der Waals surface area contributed by atoms with E-state index >= 15 is 0 Å². The first-order valence-electron chi connectivity index (χ1n) is 4.73. The summed E-state index contributed by atoms with van der Waals surface area (Å²) in [5.41, 5.74) is 0.960. The molecule has 0 aromatic heterocycles. The van der Waals surface area contributed by atoms with Gasteiger partial charge in [0.25, 0.3) is 0 Å². The minimum atomic E-state index is -4.28. The Kier molecular flexibility index (Phi) is 4.28. The number of alkyl halides is 3. The number of aliphatic hydroxyl groups is 1. The number of nitrogens with zero attached hydrogens (tertiary/aromatic N) is 1. The highest BCUT2D eigenvalue weighted by Gasteiger charge is 2.39. The molecule has 3 nitrogen and oxygen atoms in total. The lowest BCUT2D eigenvalue weighted by molar-refractivity contribution is -0.0468. The van der Waals surface area contributed by atoms with Crippen molar-refractivity contribution in [3.05, 3.63) is 0 Å². The third-order valence-corrected chi connectivity index (χ3v) is 3.45. The normalized spacial score (nSPS) is 31.6. The average Bonchev–Trinajstić information content (AvgIpc) is 2.05. The zero-order valence-electron chi connectivity index (χ0n) is 8.37. The van der Waals surface area contributed by atoms with Crippen molar-refractivity contribution < 1.29 is 18.3 Å². The molecule has 1 unspecified atom stereocenters. The summed E-state index contributed by atoms with van der Waals surface area (Å²) in [5.74, 6) is 0.272. The van der Waals surface area contributed by atoms with Gasteiger partial charge in [-0.2, -0.15) is 13.2 Å². The van der Waals surface area contributed by atoms with Gasteiger partial charge in [0, 0.05) is 6.54 Å². The van der Waals surface area contributed by atoms with Gasteiger partial charge in [-0.25, -0.2) is 0 Å². The molecule has 1 aliphatic rings. The maximum absolute atomic E-state index is 12.2. The second-order valence-electron chi connectivity index (χ2n) is 3.81. The lowest BCUT2D eigenvalue weighted by atomic mass is 10.0. The maximum atomic E-state index is 12.2. The molecule has 3 atom stereocenters. The van der Waals surface area contributed by atoms with E-state index in [9.17, 15) is 18.3 Å². The van der Waals surface area contributed by atoms with Gasteiger partial charge in [0.05, 0.1) is 5.37 Å². The van der Waals surface area contributed by atoms with Crippen LogP contribution in [0.5, 0.6) is 0 Å². The fourth-order valence-electron chi connectivity index (χ4n) is 1.72. The molecule has 0 bridgehead atoms. The minimum absolute atomic E-state index is 0.0979. The maximum Gasteiger partial charge on any atom is 0.443 e. The molecule has 1 saturated heterocycles. The van der Waals surface area contributed by atoms with Crippen LogP contribution in [-0.2, 0) is 0 Å². The fraction of sp³-hybridized carbons (Fsp3) is 1.00. The predicted molar refractivity (Wildman–Crippen MR) is 52.7 cm³/mol. The van der Waals surface area contributed by atoms with Crippen molar-refractivity contribution >= 4 is 11.8 Å². The summed E-state index contributed by atoms with van der Waals surface area (Å²) in [5, 5.41) is 8.42. The zero-order valence-corrected chi connectivity index (χ0v) is 9.18. The van der Waals surface area contributed by atoms with Crippen LogP contribution in [-0.4, -0.2) is 33.8 Å². The van der Waals surface area contributed by atoms with Crippen LogP contribution in [0.3, 0.4) is 0 Å². The quantitative estimate of drug-likeness (QED) is 0.723. The van der Waals surface area contributed by atoms with E-state index in [-0.39, 0.29) is 17.7 Å². The van der Waals surface area contributed by atoms with Crippen molar-refractivity contribution in [2.45, 2.75) is 37.0 Å². The van der Waals surface area contributed by atoms with E-state index in [1.807, 2.05) is 6.92 Å². The van der Waals surface area contributed by atoms with E-state index in [1.54, 1.807) is 0 Å². The molecule has 3 N–H and O–H groups in total. The van der Waals surface area contributed by atoms with E-state index < -0.39 is 17.2 Å². The number of thioether (sulfide) groups is 1. The standard InChI is InChI=1S/C8H15F3N2OS/c1-5-2-3-6(15-8(9,10)11)13(4-5)7(12)14/h5-7,14H,2-4,12H2,1H3/t5-,6-,7?/m1/s1. The molecule has 0 spiro atoms. The molecule has 1 rings (SSSR count).